The van der Waals surface area contributed by atoms with E-state index < -0.39 is 0 Å². The number of methoxy groups -OCH3 is 1. The minimum Gasteiger partial charge on any atom is -0.496 e. The monoisotopic (exact) mass is 312 g/mol. The molecule has 1 amide bonds. The van der Waals surface area contributed by atoms with Gasteiger partial charge < -0.3 is 10.1 Å². The maximum absolute atomic E-state index is 12.2. The molecule has 1 heterocycles. The molecule has 0 fully saturated rings. The van der Waals surface area contributed by atoms with Gasteiger partial charge in [-0.15, -0.1) is 11.3 Å². The van der Waals surface area contributed by atoms with Crippen LogP contribution in [-0.2, 0) is 6.54 Å². The van der Waals surface area contributed by atoms with Crippen molar-refractivity contribution in [1.82, 2.24) is 10.3 Å². The van der Waals surface area contributed by atoms with Gasteiger partial charge in [-0.1, -0.05) is 18.2 Å². The molecule has 0 bridgehead atoms. The van der Waals surface area contributed by atoms with E-state index in [2.05, 4.69) is 10.3 Å². The number of fused-ring (bicyclic) bond motifs is 1. The second kappa shape index (κ2) is 6.15. The molecule has 2 aromatic carbocycles. The van der Waals surface area contributed by atoms with Gasteiger partial charge in [0.25, 0.3) is 5.91 Å². The van der Waals surface area contributed by atoms with Crippen LogP contribution in [0.4, 0.5) is 0 Å². The molecular weight excluding hydrogens is 296 g/mol. The Hall–Kier alpha value is -2.40. The molecule has 0 aliphatic heterocycles. The molecule has 0 spiro atoms. The molecule has 3 rings (SSSR count). The number of carbonyl (C=O) groups is 1. The number of hydrogen-bond donors (Lipinski definition) is 1. The lowest BCUT2D eigenvalue weighted by molar-refractivity contribution is 0.0950. The first kappa shape index (κ1) is 14.5. The van der Waals surface area contributed by atoms with Crippen molar-refractivity contribution in [3.8, 4) is 5.75 Å². The summed E-state index contributed by atoms with van der Waals surface area (Å²) in [6.07, 6.45) is 0. The first-order chi connectivity index (χ1) is 10.7. The highest BCUT2D eigenvalue weighted by atomic mass is 32.1. The Morgan fingerprint density at radius 2 is 2.09 bits per heavy atom. The Morgan fingerprint density at radius 1 is 1.27 bits per heavy atom. The zero-order chi connectivity index (χ0) is 15.5. The van der Waals surface area contributed by atoms with Gasteiger partial charge >= 0.3 is 0 Å². The number of aromatic nitrogens is 1. The predicted molar refractivity (Wildman–Crippen MR) is 88.5 cm³/mol. The minimum atomic E-state index is -0.127. The van der Waals surface area contributed by atoms with Crippen LogP contribution in [0.25, 0.3) is 10.2 Å². The van der Waals surface area contributed by atoms with Crippen molar-refractivity contribution in [2.45, 2.75) is 13.5 Å². The number of nitrogens with zero attached hydrogens (tertiary/aromatic N) is 1. The molecule has 0 aliphatic carbocycles. The standard InChI is InChI=1S/C17H16N2O2S/c1-11-7-8-12(9-14(11)21-2)17(20)18-10-16-19-13-5-3-4-6-15(13)22-16/h3-9H,10H2,1-2H3,(H,18,20). The maximum Gasteiger partial charge on any atom is 0.251 e. The third-order valence-corrected chi connectivity index (χ3v) is 4.44. The average molecular weight is 312 g/mol. The first-order valence-corrected chi connectivity index (χ1v) is 7.76. The number of ether oxygens (including phenoxy) is 1. The summed E-state index contributed by atoms with van der Waals surface area (Å²) in [5.41, 5.74) is 2.56. The summed E-state index contributed by atoms with van der Waals surface area (Å²) >= 11 is 1.59. The lowest BCUT2D eigenvalue weighted by Crippen LogP contribution is -2.22. The molecule has 3 aromatic rings. The second-order valence-electron chi connectivity index (χ2n) is 4.94. The highest BCUT2D eigenvalue weighted by Crippen LogP contribution is 2.22. The Morgan fingerprint density at radius 3 is 2.86 bits per heavy atom. The zero-order valence-electron chi connectivity index (χ0n) is 12.4. The number of para-hydroxylation sites is 1. The third kappa shape index (κ3) is 2.94. The van der Waals surface area contributed by atoms with Crippen molar-refractivity contribution in [3.63, 3.8) is 0 Å². The van der Waals surface area contributed by atoms with Crippen molar-refractivity contribution in [2.75, 3.05) is 7.11 Å². The summed E-state index contributed by atoms with van der Waals surface area (Å²) in [4.78, 5) is 16.7. The molecule has 0 saturated heterocycles. The number of carbonyl (C=O) groups excluding carboxylic acids is 1. The summed E-state index contributed by atoms with van der Waals surface area (Å²) < 4.78 is 6.38. The van der Waals surface area contributed by atoms with Crippen LogP contribution >= 0.6 is 11.3 Å². The molecule has 1 N–H and O–H groups in total. The van der Waals surface area contributed by atoms with Crippen LogP contribution in [0.3, 0.4) is 0 Å². The lowest BCUT2D eigenvalue weighted by atomic mass is 10.1. The number of aryl methyl sites for hydroxylation is 1. The zero-order valence-corrected chi connectivity index (χ0v) is 13.2. The molecule has 22 heavy (non-hydrogen) atoms. The number of amides is 1. The van der Waals surface area contributed by atoms with E-state index in [1.807, 2.05) is 37.3 Å². The smallest absolute Gasteiger partial charge is 0.251 e. The fourth-order valence-corrected chi connectivity index (χ4v) is 3.12. The number of benzene rings is 2. The summed E-state index contributed by atoms with van der Waals surface area (Å²) in [6, 6.07) is 13.4. The minimum absolute atomic E-state index is 0.127. The quantitative estimate of drug-likeness (QED) is 0.801. The van der Waals surface area contributed by atoms with E-state index in [4.69, 9.17) is 4.74 Å². The van der Waals surface area contributed by atoms with Crippen LogP contribution in [-0.4, -0.2) is 18.0 Å². The molecule has 5 heteroatoms. The van der Waals surface area contributed by atoms with E-state index in [0.717, 1.165) is 20.8 Å². The Bertz CT molecular complexity index is 793. The fraction of sp³-hybridized carbons (Fsp3) is 0.176. The SMILES string of the molecule is COc1cc(C(=O)NCc2nc3ccccc3s2)ccc1C. The highest BCUT2D eigenvalue weighted by molar-refractivity contribution is 7.18. The highest BCUT2D eigenvalue weighted by Gasteiger charge is 2.10. The summed E-state index contributed by atoms with van der Waals surface area (Å²) in [6.45, 7) is 2.37. The molecule has 112 valence electrons. The van der Waals surface area contributed by atoms with Crippen molar-refractivity contribution < 1.29 is 9.53 Å². The lowest BCUT2D eigenvalue weighted by Gasteiger charge is -2.07. The van der Waals surface area contributed by atoms with E-state index in [1.54, 1.807) is 30.6 Å². The summed E-state index contributed by atoms with van der Waals surface area (Å²) in [7, 11) is 1.60. The van der Waals surface area contributed by atoms with Crippen molar-refractivity contribution in [3.05, 3.63) is 58.6 Å². The van der Waals surface area contributed by atoms with Crippen LogP contribution in [0, 0.1) is 6.92 Å². The van der Waals surface area contributed by atoms with Crippen LogP contribution in [0.2, 0.25) is 0 Å². The van der Waals surface area contributed by atoms with Gasteiger partial charge in [-0.25, -0.2) is 4.98 Å². The van der Waals surface area contributed by atoms with E-state index in [1.165, 1.54) is 0 Å². The van der Waals surface area contributed by atoms with Crippen LogP contribution in [0.1, 0.15) is 20.9 Å². The number of hydrogen-bond acceptors (Lipinski definition) is 4. The fourth-order valence-electron chi connectivity index (χ4n) is 2.21. The largest absolute Gasteiger partial charge is 0.496 e. The van der Waals surface area contributed by atoms with Gasteiger partial charge in [0, 0.05) is 5.56 Å². The first-order valence-electron chi connectivity index (χ1n) is 6.94. The molecular formula is C17H16N2O2S. The topological polar surface area (TPSA) is 51.2 Å². The third-order valence-electron chi connectivity index (χ3n) is 3.41. The van der Waals surface area contributed by atoms with Gasteiger partial charge in [-0.2, -0.15) is 0 Å². The average Bonchev–Trinajstić information content (AvgIpc) is 2.96. The number of rotatable bonds is 4. The Balaban J connectivity index is 1.71. The molecule has 0 atom stereocenters. The summed E-state index contributed by atoms with van der Waals surface area (Å²) in [5.74, 6) is 0.588. The summed E-state index contributed by atoms with van der Waals surface area (Å²) in [5, 5.41) is 3.80. The van der Waals surface area contributed by atoms with Gasteiger partial charge in [0.2, 0.25) is 0 Å². The Labute approximate surface area is 132 Å². The molecule has 1 aromatic heterocycles. The predicted octanol–water partition coefficient (Wildman–Crippen LogP) is 3.54. The van der Waals surface area contributed by atoms with Crippen LogP contribution < -0.4 is 10.1 Å². The van der Waals surface area contributed by atoms with E-state index in [-0.39, 0.29) is 5.91 Å². The molecule has 0 unspecified atom stereocenters. The molecule has 0 radical (unpaired) electrons. The van der Waals surface area contributed by atoms with Crippen LogP contribution in [0.15, 0.2) is 42.5 Å². The van der Waals surface area contributed by atoms with Gasteiger partial charge in [0.1, 0.15) is 10.8 Å². The van der Waals surface area contributed by atoms with E-state index >= 15 is 0 Å². The van der Waals surface area contributed by atoms with E-state index in [9.17, 15) is 4.79 Å². The normalized spacial score (nSPS) is 10.6. The maximum atomic E-state index is 12.2. The van der Waals surface area contributed by atoms with Crippen molar-refractivity contribution in [2.24, 2.45) is 0 Å². The Kier molecular flexibility index (Phi) is 4.06. The number of nitrogens with one attached hydrogen (secondary N) is 1. The molecule has 4 nitrogen and oxygen atoms in total. The second-order valence-corrected chi connectivity index (χ2v) is 6.06. The van der Waals surface area contributed by atoms with Gasteiger partial charge in [0.05, 0.1) is 23.9 Å². The molecule has 0 saturated carbocycles. The van der Waals surface area contributed by atoms with Gasteiger partial charge in [0.15, 0.2) is 0 Å². The van der Waals surface area contributed by atoms with Crippen LogP contribution in [0.5, 0.6) is 5.75 Å². The number of thiazole rings is 1. The van der Waals surface area contributed by atoms with Crippen molar-refractivity contribution in [1.29, 1.82) is 0 Å². The van der Waals surface area contributed by atoms with Gasteiger partial charge in [-0.3, -0.25) is 4.79 Å². The van der Waals surface area contributed by atoms with Gasteiger partial charge in [-0.05, 0) is 36.8 Å². The molecule has 0 aliphatic rings. The van der Waals surface area contributed by atoms with Crippen molar-refractivity contribution >= 4 is 27.5 Å². The van der Waals surface area contributed by atoms with E-state index in [0.29, 0.717) is 17.9 Å².